The van der Waals surface area contributed by atoms with Gasteiger partial charge in [0.25, 0.3) is 0 Å². The van der Waals surface area contributed by atoms with Crippen LogP contribution in [0.15, 0.2) is 21.7 Å². The Balaban J connectivity index is 3.03. The first-order valence-electron chi connectivity index (χ1n) is 5.36. The van der Waals surface area contributed by atoms with E-state index in [0.717, 1.165) is 4.91 Å². The zero-order valence-electron chi connectivity index (χ0n) is 11.2. The third-order valence-corrected chi connectivity index (χ3v) is 3.78. The molecule has 0 saturated heterocycles. The van der Waals surface area contributed by atoms with Gasteiger partial charge in [0, 0.05) is 10.4 Å². The van der Waals surface area contributed by atoms with E-state index in [2.05, 4.69) is 30.7 Å². The molecule has 0 aliphatic heterocycles. The molecule has 0 atom stereocenters. The topological polar surface area (TPSA) is 44.2 Å². The van der Waals surface area contributed by atoms with Gasteiger partial charge < -0.3 is 9.47 Å². The predicted molar refractivity (Wildman–Crippen MR) is 74.4 cm³/mol. The monoisotopic (exact) mass is 288 g/mol. The predicted octanol–water partition coefficient (Wildman–Crippen LogP) is 3.71. The Morgan fingerprint density at radius 3 is 2.06 bits per heavy atom. The number of rotatable bonds is 4. The van der Waals surface area contributed by atoms with Crippen LogP contribution < -0.4 is 9.47 Å². The van der Waals surface area contributed by atoms with E-state index < -0.39 is 0 Å². The molecule has 0 saturated carbocycles. The molecule has 0 amide bonds. The molecule has 0 aromatic carbocycles. The molecule has 1 aromatic rings. The van der Waals surface area contributed by atoms with E-state index in [1.807, 2.05) is 0 Å². The second-order valence-electron chi connectivity index (χ2n) is 4.56. The maximum atomic E-state index is 5.85. The highest BCUT2D eigenvalue weighted by molar-refractivity contribution is 8.03. The van der Waals surface area contributed by atoms with Crippen molar-refractivity contribution in [2.24, 2.45) is 5.41 Å². The van der Waals surface area contributed by atoms with Crippen molar-refractivity contribution in [2.75, 3.05) is 14.2 Å². The average molecular weight is 289 g/mol. The van der Waals surface area contributed by atoms with E-state index in [9.17, 15) is 0 Å². The van der Waals surface area contributed by atoms with Gasteiger partial charge in [-0.1, -0.05) is 44.1 Å². The number of allylic oxidation sites excluding steroid dienone is 1. The molecule has 0 N–H and O–H groups in total. The van der Waals surface area contributed by atoms with Crippen LogP contribution in [0.5, 0.6) is 11.8 Å². The van der Waals surface area contributed by atoms with Crippen LogP contribution in [0.2, 0.25) is 0 Å². The molecular weight excluding hydrogens is 272 g/mol. The van der Waals surface area contributed by atoms with Gasteiger partial charge in [0.2, 0.25) is 11.8 Å². The molecule has 0 unspecified atom stereocenters. The Kier molecular flexibility index (Phi) is 5.28. The van der Waals surface area contributed by atoms with Crippen molar-refractivity contribution >= 4 is 23.4 Å². The Morgan fingerprint density at radius 2 is 1.72 bits per heavy atom. The summed E-state index contributed by atoms with van der Waals surface area (Å²) in [5.74, 6) is 0.930. The minimum absolute atomic E-state index is 0.0634. The van der Waals surface area contributed by atoms with E-state index in [-0.39, 0.29) is 5.41 Å². The lowest BCUT2D eigenvalue weighted by Crippen LogP contribution is -2.07. The first kappa shape index (κ1) is 15.1. The van der Waals surface area contributed by atoms with Crippen LogP contribution in [-0.2, 0) is 0 Å². The van der Waals surface area contributed by atoms with E-state index in [1.165, 1.54) is 11.8 Å². The third-order valence-electron chi connectivity index (χ3n) is 2.12. The highest BCUT2D eigenvalue weighted by Gasteiger charge is 2.20. The van der Waals surface area contributed by atoms with Gasteiger partial charge in [-0.25, -0.2) is 0 Å². The lowest BCUT2D eigenvalue weighted by molar-refractivity contribution is 0.364. The lowest BCUT2D eigenvalue weighted by Gasteiger charge is -2.20. The number of ether oxygens (including phenoxy) is 2. The third kappa shape index (κ3) is 4.07. The number of thioether (sulfide) groups is 1. The Labute approximate surface area is 117 Å². The molecular formula is C12H17ClN2O2S. The van der Waals surface area contributed by atoms with Crippen LogP contribution in [0, 0.1) is 5.41 Å². The van der Waals surface area contributed by atoms with Gasteiger partial charge in [-0.05, 0) is 5.41 Å². The van der Waals surface area contributed by atoms with Crippen LogP contribution in [0.25, 0.3) is 0 Å². The number of halogens is 1. The molecule has 18 heavy (non-hydrogen) atoms. The minimum atomic E-state index is -0.0634. The quantitative estimate of drug-likeness (QED) is 0.624. The van der Waals surface area contributed by atoms with E-state index >= 15 is 0 Å². The molecule has 1 rings (SSSR count). The van der Waals surface area contributed by atoms with Gasteiger partial charge in [0.05, 0.1) is 20.3 Å². The SMILES string of the molecule is COc1cc(OC)nc(SC(=CCl)C(C)(C)C)n1. The van der Waals surface area contributed by atoms with Gasteiger partial charge in [0.1, 0.15) is 0 Å². The summed E-state index contributed by atoms with van der Waals surface area (Å²) in [4.78, 5) is 9.47. The highest BCUT2D eigenvalue weighted by Crippen LogP contribution is 2.39. The number of nitrogens with zero attached hydrogens (tertiary/aromatic N) is 2. The molecule has 6 heteroatoms. The van der Waals surface area contributed by atoms with E-state index in [4.69, 9.17) is 21.1 Å². The van der Waals surface area contributed by atoms with Crippen LogP contribution in [-0.4, -0.2) is 24.2 Å². The molecule has 0 fully saturated rings. The van der Waals surface area contributed by atoms with Gasteiger partial charge in [-0.15, -0.1) is 0 Å². The summed E-state index contributed by atoms with van der Waals surface area (Å²) in [7, 11) is 3.11. The summed E-state index contributed by atoms with van der Waals surface area (Å²) in [5.41, 5.74) is 1.49. The summed E-state index contributed by atoms with van der Waals surface area (Å²) in [6.07, 6.45) is 0. The summed E-state index contributed by atoms with van der Waals surface area (Å²) >= 11 is 7.25. The van der Waals surface area contributed by atoms with Crippen molar-refractivity contribution in [3.05, 3.63) is 16.5 Å². The molecule has 0 spiro atoms. The van der Waals surface area contributed by atoms with Crippen molar-refractivity contribution in [3.63, 3.8) is 0 Å². The molecule has 1 heterocycles. The normalized spacial score (nSPS) is 12.4. The molecule has 0 radical (unpaired) electrons. The fourth-order valence-corrected chi connectivity index (χ4v) is 2.36. The van der Waals surface area contributed by atoms with Crippen LogP contribution in [0.1, 0.15) is 20.8 Å². The number of hydrogen-bond acceptors (Lipinski definition) is 5. The fourth-order valence-electron chi connectivity index (χ4n) is 1.08. The Hall–Kier alpha value is -0.940. The summed E-state index contributed by atoms with van der Waals surface area (Å²) < 4.78 is 10.2. The second-order valence-corrected chi connectivity index (χ2v) is 5.79. The maximum Gasteiger partial charge on any atom is 0.220 e. The van der Waals surface area contributed by atoms with Crippen LogP contribution in [0.4, 0.5) is 0 Å². The van der Waals surface area contributed by atoms with Gasteiger partial charge >= 0.3 is 0 Å². The summed E-state index contributed by atoms with van der Waals surface area (Å²) in [5, 5.41) is 0.549. The first-order chi connectivity index (χ1) is 8.40. The zero-order chi connectivity index (χ0) is 13.8. The zero-order valence-corrected chi connectivity index (χ0v) is 12.7. The highest BCUT2D eigenvalue weighted by atomic mass is 35.5. The second kappa shape index (κ2) is 6.29. The van der Waals surface area contributed by atoms with E-state index in [0.29, 0.717) is 16.9 Å². The van der Waals surface area contributed by atoms with Crippen LogP contribution >= 0.6 is 23.4 Å². The molecule has 1 aromatic heterocycles. The molecule has 4 nitrogen and oxygen atoms in total. The first-order valence-corrected chi connectivity index (χ1v) is 6.61. The largest absolute Gasteiger partial charge is 0.481 e. The van der Waals surface area contributed by atoms with Gasteiger partial charge in [0.15, 0.2) is 5.16 Å². The Bertz CT molecular complexity index is 422. The number of aromatic nitrogens is 2. The molecule has 0 aliphatic carbocycles. The molecule has 0 aliphatic rings. The van der Waals surface area contributed by atoms with Crippen molar-refractivity contribution in [3.8, 4) is 11.8 Å². The Morgan fingerprint density at radius 1 is 1.22 bits per heavy atom. The number of methoxy groups -OCH3 is 2. The average Bonchev–Trinajstić information content (AvgIpc) is 2.33. The lowest BCUT2D eigenvalue weighted by atomic mass is 9.97. The smallest absolute Gasteiger partial charge is 0.220 e. The van der Waals surface area contributed by atoms with Crippen molar-refractivity contribution in [1.29, 1.82) is 0 Å². The molecule has 100 valence electrons. The van der Waals surface area contributed by atoms with Crippen molar-refractivity contribution < 1.29 is 9.47 Å². The van der Waals surface area contributed by atoms with E-state index in [1.54, 1.807) is 25.8 Å². The number of hydrogen-bond donors (Lipinski definition) is 0. The summed E-state index contributed by atoms with van der Waals surface area (Å²) in [6.45, 7) is 6.23. The minimum Gasteiger partial charge on any atom is -0.481 e. The summed E-state index contributed by atoms with van der Waals surface area (Å²) in [6, 6.07) is 1.63. The van der Waals surface area contributed by atoms with Crippen molar-refractivity contribution in [1.82, 2.24) is 9.97 Å². The van der Waals surface area contributed by atoms with Gasteiger partial charge in [-0.2, -0.15) is 9.97 Å². The van der Waals surface area contributed by atoms with Crippen molar-refractivity contribution in [2.45, 2.75) is 25.9 Å². The maximum absolute atomic E-state index is 5.85. The van der Waals surface area contributed by atoms with Gasteiger partial charge in [-0.3, -0.25) is 0 Å². The van der Waals surface area contributed by atoms with Crippen LogP contribution in [0.3, 0.4) is 0 Å². The fraction of sp³-hybridized carbons (Fsp3) is 0.500. The standard InChI is InChI=1S/C12H17ClN2O2S/c1-12(2,3)8(7-13)18-11-14-9(16-4)6-10(15-11)17-5/h6-7H,1-5H3. The molecule has 0 bridgehead atoms.